The number of hydrogen-bond donors (Lipinski definition) is 0. The molecule has 2 rings (SSSR count). The SMILES string of the molecule is C=C(C)/C=C(\C=C/C)C(/C)=C/C(=C\C)c1nc2c(o1)C=CCC2. The Morgan fingerprint density at radius 2 is 2.04 bits per heavy atom. The van der Waals surface area contributed by atoms with Crippen molar-refractivity contribution in [3.05, 3.63) is 77.1 Å². The Morgan fingerprint density at radius 1 is 1.26 bits per heavy atom. The molecular formula is C21H25NO. The van der Waals surface area contributed by atoms with Crippen molar-refractivity contribution >= 4 is 11.6 Å². The summed E-state index contributed by atoms with van der Waals surface area (Å²) in [5, 5.41) is 0. The summed E-state index contributed by atoms with van der Waals surface area (Å²) in [6.07, 6.45) is 16.5. The molecule has 0 amide bonds. The first-order chi connectivity index (χ1) is 11.0. The van der Waals surface area contributed by atoms with Crippen LogP contribution in [0.25, 0.3) is 11.6 Å². The molecule has 1 aliphatic carbocycles. The first-order valence-corrected chi connectivity index (χ1v) is 8.06. The number of fused-ring (bicyclic) bond motifs is 1. The highest BCUT2D eigenvalue weighted by atomic mass is 16.4. The molecule has 0 radical (unpaired) electrons. The molecule has 1 aromatic heterocycles. The summed E-state index contributed by atoms with van der Waals surface area (Å²) in [6, 6.07) is 0. The summed E-state index contributed by atoms with van der Waals surface area (Å²) in [6.45, 7) is 12.1. The normalized spacial score (nSPS) is 16.1. The van der Waals surface area contributed by atoms with Crippen LogP contribution in [0.1, 0.15) is 51.5 Å². The molecule has 0 spiro atoms. The molecule has 1 heterocycles. The van der Waals surface area contributed by atoms with Crippen LogP contribution in [-0.2, 0) is 6.42 Å². The lowest BCUT2D eigenvalue weighted by Crippen LogP contribution is -1.91. The predicted octanol–water partition coefficient (Wildman–Crippen LogP) is 6.06. The van der Waals surface area contributed by atoms with Gasteiger partial charge in [0, 0.05) is 5.57 Å². The number of oxazole rings is 1. The maximum Gasteiger partial charge on any atom is 0.226 e. The number of allylic oxidation sites excluding steroid dienone is 10. The summed E-state index contributed by atoms with van der Waals surface area (Å²) in [5.74, 6) is 1.58. The predicted molar refractivity (Wildman–Crippen MR) is 99.0 cm³/mol. The number of nitrogens with zero attached hydrogens (tertiary/aromatic N) is 1. The Labute approximate surface area is 139 Å². The van der Waals surface area contributed by atoms with Crippen LogP contribution in [0.2, 0.25) is 0 Å². The highest BCUT2D eigenvalue weighted by molar-refractivity contribution is 5.71. The van der Waals surface area contributed by atoms with Gasteiger partial charge in [0.25, 0.3) is 0 Å². The standard InChI is InChI=1S/C21H25NO/c1-6-10-18(13-15(3)4)16(5)14-17(7-2)21-22-19-11-8-9-12-20(19)23-21/h6-7,9-10,12-14H,3,8,11H2,1-2,4-5H3/b10-6-,16-14+,17-7+,18-13+. The third kappa shape index (κ3) is 4.32. The van der Waals surface area contributed by atoms with Crippen molar-refractivity contribution in [2.45, 2.75) is 40.5 Å². The van der Waals surface area contributed by atoms with Gasteiger partial charge in [0.1, 0.15) is 0 Å². The minimum absolute atomic E-state index is 0.693. The third-order valence-corrected chi connectivity index (χ3v) is 3.68. The van der Waals surface area contributed by atoms with Crippen molar-refractivity contribution in [1.82, 2.24) is 4.98 Å². The van der Waals surface area contributed by atoms with E-state index in [4.69, 9.17) is 4.42 Å². The van der Waals surface area contributed by atoms with Crippen LogP contribution in [0.5, 0.6) is 0 Å². The Hall–Kier alpha value is -2.35. The van der Waals surface area contributed by atoms with Gasteiger partial charge in [-0.15, -0.1) is 0 Å². The van der Waals surface area contributed by atoms with E-state index in [0.717, 1.165) is 46.6 Å². The Morgan fingerprint density at radius 3 is 2.65 bits per heavy atom. The monoisotopic (exact) mass is 307 g/mol. The van der Waals surface area contributed by atoms with Gasteiger partial charge in [0.2, 0.25) is 5.89 Å². The van der Waals surface area contributed by atoms with Crippen LogP contribution in [0.4, 0.5) is 0 Å². The molecular weight excluding hydrogens is 282 g/mol. The fourth-order valence-electron chi connectivity index (χ4n) is 2.53. The summed E-state index contributed by atoms with van der Waals surface area (Å²) >= 11 is 0. The van der Waals surface area contributed by atoms with Crippen molar-refractivity contribution in [3.8, 4) is 0 Å². The molecule has 0 fully saturated rings. The molecule has 0 unspecified atom stereocenters. The van der Waals surface area contributed by atoms with Crippen molar-refractivity contribution in [2.24, 2.45) is 0 Å². The smallest absolute Gasteiger partial charge is 0.226 e. The summed E-state index contributed by atoms with van der Waals surface area (Å²) < 4.78 is 5.91. The largest absolute Gasteiger partial charge is 0.436 e. The van der Waals surface area contributed by atoms with Gasteiger partial charge in [-0.2, -0.15) is 0 Å². The van der Waals surface area contributed by atoms with E-state index in [1.54, 1.807) is 0 Å². The molecule has 0 bridgehead atoms. The second-order valence-corrected chi connectivity index (χ2v) is 5.79. The lowest BCUT2D eigenvalue weighted by molar-refractivity contribution is 0.531. The molecule has 2 heteroatoms. The van der Waals surface area contributed by atoms with E-state index in [1.165, 1.54) is 0 Å². The maximum atomic E-state index is 5.91. The molecule has 0 N–H and O–H groups in total. The Kier molecular flexibility index (Phi) is 5.75. The lowest BCUT2D eigenvalue weighted by atomic mass is 10.0. The van der Waals surface area contributed by atoms with Gasteiger partial charge in [0.05, 0.1) is 5.69 Å². The third-order valence-electron chi connectivity index (χ3n) is 3.68. The first-order valence-electron chi connectivity index (χ1n) is 8.06. The maximum absolute atomic E-state index is 5.91. The Bertz CT molecular complexity index is 736. The summed E-state index contributed by atoms with van der Waals surface area (Å²) in [4.78, 5) is 4.66. The van der Waals surface area contributed by atoms with Crippen LogP contribution in [0.3, 0.4) is 0 Å². The second kappa shape index (κ2) is 7.77. The molecule has 1 aliphatic rings. The van der Waals surface area contributed by atoms with Gasteiger partial charge in [-0.25, -0.2) is 4.98 Å². The van der Waals surface area contributed by atoms with E-state index in [1.807, 2.05) is 39.0 Å². The molecule has 120 valence electrons. The molecule has 23 heavy (non-hydrogen) atoms. The van der Waals surface area contributed by atoms with Crippen LogP contribution < -0.4 is 0 Å². The average Bonchev–Trinajstić information content (AvgIpc) is 2.95. The summed E-state index contributed by atoms with van der Waals surface area (Å²) in [7, 11) is 0. The fourth-order valence-corrected chi connectivity index (χ4v) is 2.53. The van der Waals surface area contributed by atoms with Crippen molar-refractivity contribution < 1.29 is 4.42 Å². The minimum Gasteiger partial charge on any atom is -0.436 e. The van der Waals surface area contributed by atoms with E-state index in [9.17, 15) is 0 Å². The molecule has 1 aromatic rings. The molecule has 0 aromatic carbocycles. The molecule has 0 aliphatic heterocycles. The van der Waals surface area contributed by atoms with Gasteiger partial charge >= 0.3 is 0 Å². The first kappa shape index (κ1) is 17.0. The van der Waals surface area contributed by atoms with Crippen molar-refractivity contribution in [1.29, 1.82) is 0 Å². The van der Waals surface area contributed by atoms with Crippen LogP contribution >= 0.6 is 0 Å². The van der Waals surface area contributed by atoms with E-state index < -0.39 is 0 Å². The van der Waals surface area contributed by atoms with E-state index in [0.29, 0.717) is 5.89 Å². The van der Waals surface area contributed by atoms with E-state index >= 15 is 0 Å². The van der Waals surface area contributed by atoms with Gasteiger partial charge in [-0.3, -0.25) is 0 Å². The van der Waals surface area contributed by atoms with Gasteiger partial charge in [-0.05, 0) is 63.8 Å². The second-order valence-electron chi connectivity index (χ2n) is 5.79. The molecule has 0 saturated heterocycles. The van der Waals surface area contributed by atoms with Gasteiger partial charge in [-0.1, -0.05) is 42.5 Å². The molecule has 0 saturated carbocycles. The number of aryl methyl sites for hydroxylation is 1. The topological polar surface area (TPSA) is 26.0 Å². The Balaban J connectivity index is 2.36. The molecule has 0 atom stereocenters. The zero-order valence-corrected chi connectivity index (χ0v) is 14.5. The lowest BCUT2D eigenvalue weighted by Gasteiger charge is -2.05. The number of aromatic nitrogens is 1. The van der Waals surface area contributed by atoms with Crippen LogP contribution in [0, 0.1) is 0 Å². The van der Waals surface area contributed by atoms with Gasteiger partial charge in [0.15, 0.2) is 5.76 Å². The highest BCUT2D eigenvalue weighted by Gasteiger charge is 2.15. The molecule has 2 nitrogen and oxygen atoms in total. The minimum atomic E-state index is 0.693. The average molecular weight is 307 g/mol. The van der Waals surface area contributed by atoms with Crippen molar-refractivity contribution in [3.63, 3.8) is 0 Å². The van der Waals surface area contributed by atoms with Crippen LogP contribution in [-0.4, -0.2) is 4.98 Å². The zero-order valence-electron chi connectivity index (χ0n) is 14.5. The van der Waals surface area contributed by atoms with Crippen molar-refractivity contribution in [2.75, 3.05) is 0 Å². The van der Waals surface area contributed by atoms with Gasteiger partial charge < -0.3 is 4.42 Å². The number of hydrogen-bond acceptors (Lipinski definition) is 2. The van der Waals surface area contributed by atoms with Crippen LogP contribution in [0.15, 0.2) is 64.2 Å². The van der Waals surface area contributed by atoms with E-state index in [2.05, 4.69) is 42.8 Å². The van der Waals surface area contributed by atoms with E-state index in [-0.39, 0.29) is 0 Å². The zero-order chi connectivity index (χ0) is 16.8. The fraction of sp³-hybridized carbons (Fsp3) is 0.286. The number of rotatable bonds is 5. The highest BCUT2D eigenvalue weighted by Crippen LogP contribution is 2.26. The summed E-state index contributed by atoms with van der Waals surface area (Å²) in [5.41, 5.74) is 5.40. The quantitative estimate of drug-likeness (QED) is 0.618.